The summed E-state index contributed by atoms with van der Waals surface area (Å²) in [4.78, 5) is 0. The smallest absolute Gasteiger partial charge is 0.123 e. The van der Waals surface area contributed by atoms with Crippen LogP contribution in [0.5, 0.6) is 0 Å². The highest BCUT2D eigenvalue weighted by Crippen LogP contribution is 2.28. The Morgan fingerprint density at radius 2 is 1.71 bits per heavy atom. The summed E-state index contributed by atoms with van der Waals surface area (Å²) in [6, 6.07) is 14.7. The summed E-state index contributed by atoms with van der Waals surface area (Å²) in [5, 5.41) is 3.24. The molecule has 0 aliphatic rings. The van der Waals surface area contributed by atoms with Crippen LogP contribution in [-0.4, -0.2) is 7.05 Å². The van der Waals surface area contributed by atoms with Crippen molar-refractivity contribution in [3.05, 3.63) is 69.9 Å². The van der Waals surface area contributed by atoms with Crippen molar-refractivity contribution in [3.63, 3.8) is 0 Å². The van der Waals surface area contributed by atoms with Crippen LogP contribution in [0.1, 0.15) is 17.2 Å². The van der Waals surface area contributed by atoms with Gasteiger partial charge in [-0.25, -0.2) is 4.39 Å². The van der Waals surface area contributed by atoms with E-state index in [-0.39, 0.29) is 11.9 Å². The summed E-state index contributed by atoms with van der Waals surface area (Å²) in [5.74, 6) is -0.212. The molecule has 2 aromatic rings. The summed E-state index contributed by atoms with van der Waals surface area (Å²) in [6.07, 6.45) is 0. The van der Waals surface area contributed by atoms with Crippen LogP contribution in [0, 0.1) is 5.82 Å². The number of halogens is 2. The summed E-state index contributed by atoms with van der Waals surface area (Å²) in [7, 11) is 1.90. The Morgan fingerprint density at radius 1 is 1.06 bits per heavy atom. The average Bonchev–Trinajstić information content (AvgIpc) is 2.35. The zero-order valence-corrected chi connectivity index (χ0v) is 11.0. The monoisotopic (exact) mass is 293 g/mol. The molecule has 1 N–H and O–H groups in total. The molecule has 17 heavy (non-hydrogen) atoms. The van der Waals surface area contributed by atoms with Crippen LogP contribution in [0.4, 0.5) is 4.39 Å². The van der Waals surface area contributed by atoms with Gasteiger partial charge >= 0.3 is 0 Å². The zero-order chi connectivity index (χ0) is 12.3. The molecule has 1 unspecified atom stereocenters. The van der Waals surface area contributed by atoms with Gasteiger partial charge in [-0.1, -0.05) is 46.3 Å². The van der Waals surface area contributed by atoms with Crippen molar-refractivity contribution in [1.82, 2.24) is 5.32 Å². The molecule has 1 atom stereocenters. The van der Waals surface area contributed by atoms with Crippen molar-refractivity contribution in [3.8, 4) is 0 Å². The van der Waals surface area contributed by atoms with Crippen LogP contribution in [0.15, 0.2) is 53.0 Å². The molecule has 0 aromatic heterocycles. The highest BCUT2D eigenvalue weighted by Gasteiger charge is 2.14. The SMILES string of the molecule is CNC(c1ccc(F)cc1)c1ccccc1Br. The van der Waals surface area contributed by atoms with Crippen molar-refractivity contribution in [2.45, 2.75) is 6.04 Å². The van der Waals surface area contributed by atoms with Gasteiger partial charge in [0, 0.05) is 4.47 Å². The fraction of sp³-hybridized carbons (Fsp3) is 0.143. The zero-order valence-electron chi connectivity index (χ0n) is 9.45. The van der Waals surface area contributed by atoms with Gasteiger partial charge in [-0.2, -0.15) is 0 Å². The van der Waals surface area contributed by atoms with Crippen molar-refractivity contribution < 1.29 is 4.39 Å². The third-order valence-corrected chi connectivity index (χ3v) is 3.43. The number of nitrogens with one attached hydrogen (secondary N) is 1. The minimum Gasteiger partial charge on any atom is -0.309 e. The van der Waals surface area contributed by atoms with Gasteiger partial charge in [0.1, 0.15) is 5.82 Å². The molecule has 0 aliphatic carbocycles. The van der Waals surface area contributed by atoms with E-state index < -0.39 is 0 Å². The molecule has 3 heteroatoms. The Kier molecular flexibility index (Phi) is 3.92. The predicted molar refractivity (Wildman–Crippen MR) is 71.4 cm³/mol. The van der Waals surface area contributed by atoms with Crippen molar-refractivity contribution in [2.24, 2.45) is 0 Å². The van der Waals surface area contributed by atoms with Crippen LogP contribution in [0.3, 0.4) is 0 Å². The highest BCUT2D eigenvalue weighted by atomic mass is 79.9. The molecule has 0 saturated carbocycles. The van der Waals surface area contributed by atoms with E-state index >= 15 is 0 Å². The number of rotatable bonds is 3. The largest absolute Gasteiger partial charge is 0.309 e. The second-order valence-electron chi connectivity index (χ2n) is 3.79. The summed E-state index contributed by atoms with van der Waals surface area (Å²) in [5.41, 5.74) is 2.18. The van der Waals surface area contributed by atoms with E-state index in [2.05, 4.69) is 27.3 Å². The lowest BCUT2D eigenvalue weighted by Gasteiger charge is -2.18. The van der Waals surface area contributed by atoms with Gasteiger partial charge in [-0.3, -0.25) is 0 Å². The molecule has 2 rings (SSSR count). The third kappa shape index (κ3) is 2.73. The van der Waals surface area contributed by atoms with E-state index in [1.54, 1.807) is 12.1 Å². The topological polar surface area (TPSA) is 12.0 Å². The van der Waals surface area contributed by atoms with E-state index in [0.29, 0.717) is 0 Å². The number of benzene rings is 2. The second kappa shape index (κ2) is 5.43. The molecule has 88 valence electrons. The second-order valence-corrected chi connectivity index (χ2v) is 4.65. The molecular formula is C14H13BrFN. The molecule has 0 aliphatic heterocycles. The fourth-order valence-electron chi connectivity index (χ4n) is 1.87. The summed E-state index contributed by atoms with van der Waals surface area (Å²) in [6.45, 7) is 0. The predicted octanol–water partition coefficient (Wildman–Crippen LogP) is 3.90. The fourth-order valence-corrected chi connectivity index (χ4v) is 2.38. The number of hydrogen-bond donors (Lipinski definition) is 1. The standard InChI is InChI=1S/C14H13BrFN/c1-17-14(10-6-8-11(16)9-7-10)12-4-2-3-5-13(12)15/h2-9,14,17H,1H3. The van der Waals surface area contributed by atoms with Crippen LogP contribution in [0.2, 0.25) is 0 Å². The van der Waals surface area contributed by atoms with E-state index in [9.17, 15) is 4.39 Å². The maximum atomic E-state index is 12.9. The van der Waals surface area contributed by atoms with Crippen molar-refractivity contribution in [2.75, 3.05) is 7.05 Å². The maximum Gasteiger partial charge on any atom is 0.123 e. The molecule has 0 bridgehead atoms. The van der Waals surface area contributed by atoms with Gasteiger partial charge in [0.25, 0.3) is 0 Å². The molecule has 0 radical (unpaired) electrons. The van der Waals surface area contributed by atoms with Crippen LogP contribution in [-0.2, 0) is 0 Å². The van der Waals surface area contributed by atoms with Gasteiger partial charge in [0.15, 0.2) is 0 Å². The van der Waals surface area contributed by atoms with Crippen LogP contribution < -0.4 is 5.32 Å². The molecule has 0 fully saturated rings. The Labute approximate surface area is 109 Å². The normalized spacial score (nSPS) is 12.4. The van der Waals surface area contributed by atoms with Crippen LogP contribution in [0.25, 0.3) is 0 Å². The lowest BCUT2D eigenvalue weighted by molar-refractivity contribution is 0.623. The minimum atomic E-state index is -0.212. The molecule has 1 nitrogen and oxygen atoms in total. The van der Waals surface area contributed by atoms with E-state index in [1.165, 1.54) is 12.1 Å². The minimum absolute atomic E-state index is 0.0613. The van der Waals surface area contributed by atoms with Gasteiger partial charge in [-0.15, -0.1) is 0 Å². The molecule has 0 saturated heterocycles. The first kappa shape index (κ1) is 12.3. The van der Waals surface area contributed by atoms with Crippen molar-refractivity contribution in [1.29, 1.82) is 0 Å². The Balaban J connectivity index is 2.40. The summed E-state index contributed by atoms with van der Waals surface area (Å²) < 4.78 is 14.0. The van der Waals surface area contributed by atoms with Gasteiger partial charge in [0.2, 0.25) is 0 Å². The first-order valence-electron chi connectivity index (χ1n) is 5.39. The third-order valence-electron chi connectivity index (χ3n) is 2.71. The first-order valence-corrected chi connectivity index (χ1v) is 6.19. The average molecular weight is 294 g/mol. The Bertz CT molecular complexity index is 496. The Morgan fingerprint density at radius 3 is 2.29 bits per heavy atom. The number of hydrogen-bond acceptors (Lipinski definition) is 1. The van der Waals surface area contributed by atoms with Gasteiger partial charge in [0.05, 0.1) is 6.04 Å². The molecule has 0 spiro atoms. The molecule has 2 aromatic carbocycles. The van der Waals surface area contributed by atoms with E-state index in [0.717, 1.165) is 15.6 Å². The lowest BCUT2D eigenvalue weighted by atomic mass is 9.99. The van der Waals surface area contributed by atoms with E-state index in [4.69, 9.17) is 0 Å². The van der Waals surface area contributed by atoms with Gasteiger partial charge < -0.3 is 5.32 Å². The Hall–Kier alpha value is -1.19. The quantitative estimate of drug-likeness (QED) is 0.905. The molecule has 0 heterocycles. The molecular weight excluding hydrogens is 281 g/mol. The molecule has 0 amide bonds. The van der Waals surface area contributed by atoms with Crippen LogP contribution >= 0.6 is 15.9 Å². The highest BCUT2D eigenvalue weighted by molar-refractivity contribution is 9.10. The van der Waals surface area contributed by atoms with E-state index in [1.807, 2.05) is 25.2 Å². The first-order chi connectivity index (χ1) is 8.22. The lowest BCUT2D eigenvalue weighted by Crippen LogP contribution is -2.18. The summed E-state index contributed by atoms with van der Waals surface area (Å²) >= 11 is 3.54. The van der Waals surface area contributed by atoms with Gasteiger partial charge in [-0.05, 0) is 36.4 Å². The van der Waals surface area contributed by atoms with Crippen molar-refractivity contribution >= 4 is 15.9 Å². The maximum absolute atomic E-state index is 12.9.